The number of amides is 1. The molecule has 2 aliphatic rings. The lowest BCUT2D eigenvalue weighted by Gasteiger charge is -2.35. The van der Waals surface area contributed by atoms with E-state index in [0.29, 0.717) is 5.92 Å². The van der Waals surface area contributed by atoms with Gasteiger partial charge in [-0.15, -0.1) is 0 Å². The van der Waals surface area contributed by atoms with Crippen LogP contribution in [0.3, 0.4) is 0 Å². The van der Waals surface area contributed by atoms with Gasteiger partial charge in [-0.05, 0) is 43.5 Å². The number of para-hydroxylation sites is 1. The van der Waals surface area contributed by atoms with Crippen LogP contribution in [0.5, 0.6) is 0 Å². The zero-order chi connectivity index (χ0) is 23.1. The molecule has 0 N–H and O–H groups in total. The maximum absolute atomic E-state index is 13.8. The molecule has 0 radical (unpaired) electrons. The van der Waals surface area contributed by atoms with Gasteiger partial charge in [-0.1, -0.05) is 48.5 Å². The van der Waals surface area contributed by atoms with E-state index >= 15 is 0 Å². The Morgan fingerprint density at radius 2 is 1.62 bits per heavy atom. The van der Waals surface area contributed by atoms with Crippen molar-refractivity contribution in [3.63, 3.8) is 0 Å². The standard InChI is InChI=1S/C28H29N5O/c1-20-26-24(28(34)32-16-14-31(15-17-32)19-21-8-4-2-5-9-21)18-25(22-12-13-22)29-27(26)33(30-20)23-10-6-3-7-11-23/h2-11,18,22H,12-17,19H2,1H3. The molecule has 1 aliphatic heterocycles. The molecule has 4 aromatic rings. The number of fused-ring (bicyclic) bond motifs is 1. The molecule has 1 aliphatic carbocycles. The molecule has 1 amide bonds. The van der Waals surface area contributed by atoms with Gasteiger partial charge in [0.2, 0.25) is 0 Å². The predicted molar refractivity (Wildman–Crippen MR) is 133 cm³/mol. The van der Waals surface area contributed by atoms with Crippen molar-refractivity contribution in [1.29, 1.82) is 0 Å². The zero-order valence-corrected chi connectivity index (χ0v) is 19.5. The van der Waals surface area contributed by atoms with Crippen molar-refractivity contribution in [2.75, 3.05) is 26.2 Å². The van der Waals surface area contributed by atoms with Gasteiger partial charge in [-0.2, -0.15) is 5.10 Å². The first kappa shape index (κ1) is 21.1. The van der Waals surface area contributed by atoms with Gasteiger partial charge in [0.1, 0.15) is 0 Å². The average molecular weight is 452 g/mol. The van der Waals surface area contributed by atoms with E-state index in [4.69, 9.17) is 10.1 Å². The van der Waals surface area contributed by atoms with E-state index in [-0.39, 0.29) is 5.91 Å². The third-order valence-electron chi connectivity index (χ3n) is 6.97. The molecule has 0 unspecified atom stereocenters. The summed E-state index contributed by atoms with van der Waals surface area (Å²) in [5.41, 5.74) is 5.70. The highest BCUT2D eigenvalue weighted by molar-refractivity contribution is 6.07. The third kappa shape index (κ3) is 3.99. The summed E-state index contributed by atoms with van der Waals surface area (Å²) >= 11 is 0. The molecule has 0 atom stereocenters. The molecule has 6 heteroatoms. The van der Waals surface area contributed by atoms with Crippen LogP contribution in [-0.4, -0.2) is 56.7 Å². The van der Waals surface area contributed by atoms with E-state index < -0.39 is 0 Å². The molecule has 172 valence electrons. The monoisotopic (exact) mass is 451 g/mol. The minimum Gasteiger partial charge on any atom is -0.336 e. The van der Waals surface area contributed by atoms with Crippen molar-refractivity contribution >= 4 is 16.9 Å². The summed E-state index contributed by atoms with van der Waals surface area (Å²) in [6, 6.07) is 22.7. The maximum atomic E-state index is 13.8. The number of aromatic nitrogens is 3. The second-order valence-corrected chi connectivity index (χ2v) is 9.45. The lowest BCUT2D eigenvalue weighted by atomic mass is 10.1. The Hall–Kier alpha value is -3.51. The molecule has 0 spiro atoms. The third-order valence-corrected chi connectivity index (χ3v) is 6.97. The predicted octanol–water partition coefficient (Wildman–Crippen LogP) is 4.56. The van der Waals surface area contributed by atoms with Gasteiger partial charge in [-0.25, -0.2) is 9.67 Å². The molecule has 34 heavy (non-hydrogen) atoms. The van der Waals surface area contributed by atoms with E-state index in [1.165, 1.54) is 5.56 Å². The van der Waals surface area contributed by atoms with Crippen molar-refractivity contribution in [3.05, 3.63) is 89.2 Å². The fraction of sp³-hybridized carbons (Fsp3) is 0.321. The van der Waals surface area contributed by atoms with Gasteiger partial charge in [0.25, 0.3) is 5.91 Å². The molecule has 3 heterocycles. The molecule has 2 aromatic carbocycles. The number of benzene rings is 2. The van der Waals surface area contributed by atoms with Crippen LogP contribution in [0.1, 0.15) is 46.1 Å². The van der Waals surface area contributed by atoms with Crippen LogP contribution in [0.4, 0.5) is 0 Å². The van der Waals surface area contributed by atoms with E-state index in [1.54, 1.807) is 0 Å². The van der Waals surface area contributed by atoms with Crippen molar-refractivity contribution < 1.29 is 4.79 Å². The maximum Gasteiger partial charge on any atom is 0.254 e. The number of carbonyl (C=O) groups is 1. The van der Waals surface area contributed by atoms with Gasteiger partial charge in [0.15, 0.2) is 5.65 Å². The van der Waals surface area contributed by atoms with Crippen LogP contribution in [0.25, 0.3) is 16.7 Å². The molecular weight excluding hydrogens is 422 g/mol. The molecular formula is C28H29N5O. The fourth-order valence-corrected chi connectivity index (χ4v) is 4.94. The summed E-state index contributed by atoms with van der Waals surface area (Å²) in [4.78, 5) is 23.2. The largest absolute Gasteiger partial charge is 0.336 e. The van der Waals surface area contributed by atoms with Crippen LogP contribution < -0.4 is 0 Å². The second-order valence-electron chi connectivity index (χ2n) is 9.45. The molecule has 6 rings (SSSR count). The Bertz CT molecular complexity index is 1320. The fourth-order valence-electron chi connectivity index (χ4n) is 4.94. The number of carbonyl (C=O) groups excluding carboxylic acids is 1. The Kier molecular flexibility index (Phi) is 5.38. The number of pyridine rings is 1. The number of hydrogen-bond acceptors (Lipinski definition) is 4. The number of hydrogen-bond donors (Lipinski definition) is 0. The van der Waals surface area contributed by atoms with E-state index in [1.807, 2.05) is 59.0 Å². The molecule has 1 saturated carbocycles. The van der Waals surface area contributed by atoms with E-state index in [2.05, 4.69) is 29.2 Å². The normalized spacial score (nSPS) is 16.8. The minimum atomic E-state index is 0.101. The highest BCUT2D eigenvalue weighted by Gasteiger charge is 2.31. The average Bonchev–Trinajstić information content (AvgIpc) is 3.68. The quantitative estimate of drug-likeness (QED) is 0.446. The van der Waals surface area contributed by atoms with Crippen LogP contribution >= 0.6 is 0 Å². The van der Waals surface area contributed by atoms with Gasteiger partial charge in [0.05, 0.1) is 22.3 Å². The Morgan fingerprint density at radius 1 is 0.941 bits per heavy atom. The van der Waals surface area contributed by atoms with Crippen LogP contribution in [-0.2, 0) is 6.54 Å². The van der Waals surface area contributed by atoms with Gasteiger partial charge in [-0.3, -0.25) is 9.69 Å². The lowest BCUT2D eigenvalue weighted by Crippen LogP contribution is -2.48. The van der Waals surface area contributed by atoms with Crippen molar-refractivity contribution in [2.24, 2.45) is 0 Å². The number of rotatable bonds is 5. The van der Waals surface area contributed by atoms with Crippen molar-refractivity contribution in [2.45, 2.75) is 32.2 Å². The highest BCUT2D eigenvalue weighted by Crippen LogP contribution is 2.41. The number of piperazine rings is 1. The van der Waals surface area contributed by atoms with Crippen molar-refractivity contribution in [3.8, 4) is 5.69 Å². The SMILES string of the molecule is Cc1nn(-c2ccccc2)c2nc(C3CC3)cc(C(=O)N3CCN(Cc4ccccc4)CC3)c12. The molecule has 1 saturated heterocycles. The Morgan fingerprint density at radius 3 is 2.29 bits per heavy atom. The topological polar surface area (TPSA) is 54.3 Å². The summed E-state index contributed by atoms with van der Waals surface area (Å²) in [6.45, 7) is 6.14. The summed E-state index contributed by atoms with van der Waals surface area (Å²) < 4.78 is 1.89. The Labute approximate surface area is 199 Å². The second kappa shape index (κ2) is 8.69. The zero-order valence-electron chi connectivity index (χ0n) is 19.5. The Balaban J connectivity index is 1.30. The first-order valence-electron chi connectivity index (χ1n) is 12.2. The van der Waals surface area contributed by atoms with Crippen LogP contribution in [0.15, 0.2) is 66.7 Å². The molecule has 0 bridgehead atoms. The van der Waals surface area contributed by atoms with Crippen molar-refractivity contribution in [1.82, 2.24) is 24.6 Å². The highest BCUT2D eigenvalue weighted by atomic mass is 16.2. The smallest absolute Gasteiger partial charge is 0.254 e. The van der Waals surface area contributed by atoms with E-state index in [0.717, 1.165) is 79.2 Å². The first-order valence-corrected chi connectivity index (χ1v) is 12.2. The number of nitrogens with zero attached hydrogens (tertiary/aromatic N) is 5. The first-order chi connectivity index (χ1) is 16.7. The van der Waals surface area contributed by atoms with Gasteiger partial charge in [0, 0.05) is 44.3 Å². The van der Waals surface area contributed by atoms with E-state index in [9.17, 15) is 4.79 Å². The van der Waals surface area contributed by atoms with Gasteiger partial charge < -0.3 is 4.90 Å². The van der Waals surface area contributed by atoms with Crippen LogP contribution in [0.2, 0.25) is 0 Å². The number of aryl methyl sites for hydroxylation is 1. The summed E-state index contributed by atoms with van der Waals surface area (Å²) in [5, 5.41) is 5.68. The molecule has 2 aromatic heterocycles. The minimum absolute atomic E-state index is 0.101. The summed E-state index contributed by atoms with van der Waals surface area (Å²) in [5.74, 6) is 0.558. The summed E-state index contributed by atoms with van der Waals surface area (Å²) in [6.07, 6.45) is 2.28. The van der Waals surface area contributed by atoms with Crippen LogP contribution in [0, 0.1) is 6.92 Å². The molecule has 2 fully saturated rings. The summed E-state index contributed by atoms with van der Waals surface area (Å²) in [7, 11) is 0. The van der Waals surface area contributed by atoms with Gasteiger partial charge >= 0.3 is 0 Å². The molecule has 6 nitrogen and oxygen atoms in total. The lowest BCUT2D eigenvalue weighted by molar-refractivity contribution is 0.0630.